The number of hydrogen-bond donors (Lipinski definition) is 1. The van der Waals surface area contributed by atoms with Gasteiger partial charge in [-0.3, -0.25) is 0 Å². The average molecular weight is 394 g/mol. The van der Waals surface area contributed by atoms with Crippen molar-refractivity contribution in [2.45, 2.75) is 43.9 Å². The van der Waals surface area contributed by atoms with Crippen molar-refractivity contribution < 1.29 is 30.1 Å². The van der Waals surface area contributed by atoms with E-state index in [0.29, 0.717) is 5.71 Å². The van der Waals surface area contributed by atoms with E-state index < -0.39 is 41.1 Å². The first-order valence-electron chi connectivity index (χ1n) is 6.27. The second-order valence-electron chi connectivity index (χ2n) is 6.17. The molecule has 2 bridgehead atoms. The summed E-state index contributed by atoms with van der Waals surface area (Å²) in [6.07, 6.45) is 1.52. The van der Waals surface area contributed by atoms with Crippen molar-refractivity contribution in [3.63, 3.8) is 0 Å². The molecule has 2 fully saturated rings. The third-order valence-corrected chi connectivity index (χ3v) is 9.17. The van der Waals surface area contributed by atoms with Crippen LogP contribution in [0.15, 0.2) is 5.16 Å². The van der Waals surface area contributed by atoms with Gasteiger partial charge in [0.1, 0.15) is 0 Å². The molecule has 2 saturated carbocycles. The Morgan fingerprint density at radius 3 is 2.43 bits per heavy atom. The third-order valence-electron chi connectivity index (χ3n) is 5.13. The van der Waals surface area contributed by atoms with Gasteiger partial charge in [0.25, 0.3) is 0 Å². The molecule has 2 aliphatic carbocycles. The topological polar surface area (TPSA) is 76.0 Å². The number of oxime groups is 1. The normalized spacial score (nSPS) is 37.3. The minimum absolute atomic E-state index is 0.0446. The Balaban J connectivity index is 2.24. The first-order chi connectivity index (χ1) is 9.38. The number of fused-ring (bicyclic) bond motifs is 2. The quantitative estimate of drug-likeness (QED) is 0.346. The second kappa shape index (κ2) is 4.84. The summed E-state index contributed by atoms with van der Waals surface area (Å²) in [7, 11) is -5.60. The van der Waals surface area contributed by atoms with Crippen molar-refractivity contribution in [2.24, 2.45) is 21.9 Å². The monoisotopic (exact) mass is 395 g/mol. The van der Waals surface area contributed by atoms with E-state index in [0.717, 1.165) is 12.8 Å². The first-order valence-corrected chi connectivity index (χ1v) is 9.37. The van der Waals surface area contributed by atoms with E-state index in [-0.39, 0.29) is 11.3 Å². The SMILES string of the molecule is CC1(C)[C@@H]2CC[C@@]1(C)/C(=N\O)[C@H]2[Se]OS(=O)(=O)C(F)(F)F. The minimum atomic E-state index is -5.60. The molecule has 122 valence electrons. The standard InChI is InChI=1S/C11H16F3NO4SSe/c1-9(2)6-4-5-10(9,3)8(15-16)7(6)21-19-20(17,18)11(12,13)14/h6-7,16H,4-5H2,1-3H3/b15-8-/t6-,7+,10+/m1/s1. The Morgan fingerprint density at radius 2 is 1.95 bits per heavy atom. The molecule has 5 nitrogen and oxygen atoms in total. The van der Waals surface area contributed by atoms with Gasteiger partial charge in [0.05, 0.1) is 0 Å². The molecule has 0 spiro atoms. The van der Waals surface area contributed by atoms with Crippen molar-refractivity contribution in [1.29, 1.82) is 0 Å². The van der Waals surface area contributed by atoms with E-state index in [1.54, 1.807) is 0 Å². The zero-order valence-corrected chi connectivity index (χ0v) is 14.2. The van der Waals surface area contributed by atoms with Gasteiger partial charge in [-0.2, -0.15) is 0 Å². The number of rotatable bonds is 3. The molecule has 10 heteroatoms. The molecule has 0 saturated heterocycles. The van der Waals surface area contributed by atoms with E-state index >= 15 is 0 Å². The van der Waals surface area contributed by atoms with Gasteiger partial charge in [0, 0.05) is 0 Å². The number of alkyl halides is 3. The van der Waals surface area contributed by atoms with Gasteiger partial charge < -0.3 is 0 Å². The molecule has 3 atom stereocenters. The molecule has 2 aliphatic rings. The fourth-order valence-electron chi connectivity index (χ4n) is 3.44. The van der Waals surface area contributed by atoms with Gasteiger partial charge in [-0.05, 0) is 0 Å². The van der Waals surface area contributed by atoms with Gasteiger partial charge in [-0.15, -0.1) is 0 Å². The molecule has 0 radical (unpaired) electrons. The second-order valence-corrected chi connectivity index (χ2v) is 10.0. The van der Waals surface area contributed by atoms with Gasteiger partial charge in [0.15, 0.2) is 0 Å². The summed E-state index contributed by atoms with van der Waals surface area (Å²) in [5, 5.41) is 12.5. The molecule has 0 aromatic rings. The van der Waals surface area contributed by atoms with Crippen LogP contribution in [0.2, 0.25) is 4.82 Å². The average Bonchev–Trinajstić information content (AvgIpc) is 2.65. The fourth-order valence-corrected chi connectivity index (χ4v) is 7.49. The van der Waals surface area contributed by atoms with E-state index in [1.807, 2.05) is 20.8 Å². The molecule has 21 heavy (non-hydrogen) atoms. The summed E-state index contributed by atoms with van der Waals surface area (Å²) >= 11 is -1.30. The Morgan fingerprint density at radius 1 is 1.38 bits per heavy atom. The molecule has 0 aromatic heterocycles. The molecule has 0 aromatic carbocycles. The first kappa shape index (κ1) is 17.0. The molecular formula is C11H16F3NO4SSe. The van der Waals surface area contributed by atoms with Crippen molar-refractivity contribution in [2.75, 3.05) is 0 Å². The van der Waals surface area contributed by atoms with Crippen molar-refractivity contribution in [1.82, 2.24) is 0 Å². The zero-order chi connectivity index (χ0) is 16.3. The van der Waals surface area contributed by atoms with Crippen LogP contribution in [0.1, 0.15) is 33.6 Å². The van der Waals surface area contributed by atoms with Crippen LogP contribution < -0.4 is 0 Å². The van der Waals surface area contributed by atoms with Crippen molar-refractivity contribution in [3.05, 3.63) is 0 Å². The number of nitrogens with zero attached hydrogens (tertiary/aromatic N) is 1. The van der Waals surface area contributed by atoms with Gasteiger partial charge in [-0.25, -0.2) is 0 Å². The summed E-state index contributed by atoms with van der Waals surface area (Å²) in [6, 6.07) is 0. The number of hydrogen-bond acceptors (Lipinski definition) is 5. The molecule has 2 rings (SSSR count). The van der Waals surface area contributed by atoms with Crippen molar-refractivity contribution in [3.8, 4) is 0 Å². The zero-order valence-electron chi connectivity index (χ0n) is 11.6. The fraction of sp³-hybridized carbons (Fsp3) is 0.909. The van der Waals surface area contributed by atoms with Crippen LogP contribution in [0, 0.1) is 16.7 Å². The van der Waals surface area contributed by atoms with Crippen LogP contribution in [0.25, 0.3) is 0 Å². The summed E-state index contributed by atoms with van der Waals surface area (Å²) in [4.78, 5) is -0.562. The predicted molar refractivity (Wildman–Crippen MR) is 69.4 cm³/mol. The summed E-state index contributed by atoms with van der Waals surface area (Å²) in [6.45, 7) is 5.82. The van der Waals surface area contributed by atoms with Crippen LogP contribution in [0.3, 0.4) is 0 Å². The molecule has 1 N–H and O–H groups in total. The van der Waals surface area contributed by atoms with E-state index in [4.69, 9.17) is 0 Å². The van der Waals surface area contributed by atoms with E-state index in [2.05, 4.69) is 8.42 Å². The predicted octanol–water partition coefficient (Wildman–Crippen LogP) is 2.55. The van der Waals surface area contributed by atoms with Crippen molar-refractivity contribution >= 4 is 31.1 Å². The van der Waals surface area contributed by atoms with Gasteiger partial charge >= 0.3 is 127 Å². The molecule has 0 heterocycles. The van der Waals surface area contributed by atoms with Crippen LogP contribution in [-0.2, 0) is 13.4 Å². The third kappa shape index (κ3) is 2.31. The number of halogens is 3. The van der Waals surface area contributed by atoms with Crippen LogP contribution in [0.4, 0.5) is 13.2 Å². The molecule has 0 unspecified atom stereocenters. The Labute approximate surface area is 127 Å². The maximum absolute atomic E-state index is 12.3. The summed E-state index contributed by atoms with van der Waals surface area (Å²) < 4.78 is 63.2. The van der Waals surface area contributed by atoms with Gasteiger partial charge in [0.2, 0.25) is 0 Å². The van der Waals surface area contributed by atoms with E-state index in [1.165, 1.54) is 0 Å². The summed E-state index contributed by atoms with van der Waals surface area (Å²) in [5.74, 6) is -0.0446. The van der Waals surface area contributed by atoms with Crippen LogP contribution >= 0.6 is 0 Å². The van der Waals surface area contributed by atoms with Crippen LogP contribution in [-0.4, -0.2) is 40.1 Å². The molecule has 0 aliphatic heterocycles. The Hall–Kier alpha value is -0.311. The Kier molecular flexibility index (Phi) is 3.93. The maximum atomic E-state index is 12.3. The molecular weight excluding hydrogens is 378 g/mol. The van der Waals surface area contributed by atoms with E-state index in [9.17, 15) is 26.8 Å². The van der Waals surface area contributed by atoms with Gasteiger partial charge in [-0.1, -0.05) is 0 Å². The summed E-state index contributed by atoms with van der Waals surface area (Å²) in [5.41, 5.74) is -5.78. The van der Waals surface area contributed by atoms with Crippen LogP contribution in [0.5, 0.6) is 0 Å². The molecule has 0 amide bonds. The Bertz CT molecular complexity index is 575.